The van der Waals surface area contributed by atoms with E-state index in [0.717, 1.165) is 12.1 Å². The lowest BCUT2D eigenvalue weighted by atomic mass is 10.1. The minimum absolute atomic E-state index is 0.332. The highest BCUT2D eigenvalue weighted by molar-refractivity contribution is 6.08. The van der Waals surface area contributed by atoms with Crippen LogP contribution in [0.3, 0.4) is 0 Å². The van der Waals surface area contributed by atoms with E-state index in [1.165, 1.54) is 12.1 Å². The molecule has 160 valence electrons. The maximum absolute atomic E-state index is 13.5. The molecule has 0 unspecified atom stereocenters. The van der Waals surface area contributed by atoms with E-state index in [0.29, 0.717) is 47.2 Å². The van der Waals surface area contributed by atoms with Gasteiger partial charge in [-0.2, -0.15) is 5.10 Å². The van der Waals surface area contributed by atoms with Gasteiger partial charge in [-0.25, -0.2) is 9.07 Å². The van der Waals surface area contributed by atoms with Crippen molar-refractivity contribution in [2.45, 2.75) is 6.42 Å². The van der Waals surface area contributed by atoms with Crippen molar-refractivity contribution in [2.24, 2.45) is 0 Å². The van der Waals surface area contributed by atoms with Crippen LogP contribution in [0.2, 0.25) is 0 Å². The molecule has 0 aliphatic carbocycles. The lowest BCUT2D eigenvalue weighted by molar-refractivity contribution is 0.102. The van der Waals surface area contributed by atoms with Crippen molar-refractivity contribution in [2.75, 3.05) is 18.5 Å². The summed E-state index contributed by atoms with van der Waals surface area (Å²) < 4.78 is 26.5. The summed E-state index contributed by atoms with van der Waals surface area (Å²) in [6.07, 6.45) is 2.47. The topological polar surface area (TPSA) is 65.4 Å². The second-order valence-electron chi connectivity index (χ2n) is 7.34. The Morgan fingerprint density at radius 1 is 0.938 bits per heavy atom. The number of carbonyl (C=O) groups excluding carboxylic acids is 1. The lowest BCUT2D eigenvalue weighted by Gasteiger charge is -2.10. The van der Waals surface area contributed by atoms with Crippen LogP contribution >= 0.6 is 0 Å². The first-order chi connectivity index (χ1) is 15.7. The molecule has 1 aliphatic rings. The number of anilines is 1. The van der Waals surface area contributed by atoms with E-state index in [9.17, 15) is 9.18 Å². The first-order valence-corrected chi connectivity index (χ1v) is 10.3. The number of hydrogen-bond donors (Lipinski definition) is 1. The molecule has 0 fully saturated rings. The van der Waals surface area contributed by atoms with Gasteiger partial charge in [0, 0.05) is 29.9 Å². The van der Waals surface area contributed by atoms with E-state index < -0.39 is 0 Å². The second-order valence-corrected chi connectivity index (χ2v) is 7.34. The van der Waals surface area contributed by atoms with Gasteiger partial charge in [0.25, 0.3) is 5.91 Å². The zero-order valence-electron chi connectivity index (χ0n) is 17.1. The van der Waals surface area contributed by atoms with E-state index in [4.69, 9.17) is 9.47 Å². The second kappa shape index (κ2) is 8.55. The molecule has 0 atom stereocenters. The predicted octanol–water partition coefficient (Wildman–Crippen LogP) is 5.09. The van der Waals surface area contributed by atoms with Crippen LogP contribution in [0.15, 0.2) is 79.0 Å². The van der Waals surface area contributed by atoms with Gasteiger partial charge < -0.3 is 14.8 Å². The Labute approximate surface area is 184 Å². The minimum atomic E-state index is -0.352. The number of fused-ring (bicyclic) bond motifs is 1. The van der Waals surface area contributed by atoms with Crippen LogP contribution in [0.4, 0.5) is 10.1 Å². The molecule has 4 aromatic rings. The summed E-state index contributed by atoms with van der Waals surface area (Å²) in [5.74, 6) is 0.568. The van der Waals surface area contributed by atoms with Crippen LogP contribution < -0.4 is 14.8 Å². The quantitative estimate of drug-likeness (QED) is 0.491. The van der Waals surface area contributed by atoms with Crippen molar-refractivity contribution in [3.05, 3.63) is 90.4 Å². The number of aromatic nitrogens is 2. The molecule has 0 saturated heterocycles. The van der Waals surface area contributed by atoms with Gasteiger partial charge >= 0.3 is 0 Å². The van der Waals surface area contributed by atoms with E-state index in [1.54, 1.807) is 41.2 Å². The van der Waals surface area contributed by atoms with E-state index in [1.807, 2.05) is 30.3 Å². The smallest absolute Gasteiger partial charge is 0.259 e. The Kier molecular flexibility index (Phi) is 5.29. The van der Waals surface area contributed by atoms with E-state index >= 15 is 0 Å². The molecular weight excluding hydrogens is 409 g/mol. The highest BCUT2D eigenvalue weighted by atomic mass is 19.1. The Morgan fingerprint density at radius 2 is 1.69 bits per heavy atom. The Morgan fingerprint density at radius 3 is 2.47 bits per heavy atom. The fourth-order valence-corrected chi connectivity index (χ4v) is 3.51. The van der Waals surface area contributed by atoms with Crippen LogP contribution in [0.1, 0.15) is 16.8 Å². The normalized spacial score (nSPS) is 12.8. The molecule has 1 aromatic heterocycles. The standard InChI is InChI=1S/C25H20FN3O3/c26-18-9-7-17(8-10-18)24-21(16-29(28-24)20-5-2-1-3-6-20)25(30)27-19-11-12-22-23(15-19)32-14-4-13-31-22/h1-3,5-12,15-16H,4,13-14H2,(H,27,30). The van der Waals surface area contributed by atoms with Gasteiger partial charge in [-0.15, -0.1) is 0 Å². The number of amides is 1. The van der Waals surface area contributed by atoms with Crippen LogP contribution in [0.5, 0.6) is 11.5 Å². The van der Waals surface area contributed by atoms with Crippen molar-refractivity contribution in [3.8, 4) is 28.4 Å². The molecule has 6 nitrogen and oxygen atoms in total. The minimum Gasteiger partial charge on any atom is -0.490 e. The summed E-state index contributed by atoms with van der Waals surface area (Å²) in [6, 6.07) is 20.7. The summed E-state index contributed by atoms with van der Waals surface area (Å²) in [7, 11) is 0. The fourth-order valence-electron chi connectivity index (χ4n) is 3.51. The van der Waals surface area contributed by atoms with Gasteiger partial charge in [0.05, 0.1) is 24.5 Å². The predicted molar refractivity (Wildman–Crippen MR) is 119 cm³/mol. The number of benzene rings is 3. The highest BCUT2D eigenvalue weighted by Crippen LogP contribution is 2.33. The third-order valence-corrected chi connectivity index (χ3v) is 5.10. The number of para-hydroxylation sites is 1. The first kappa shape index (κ1) is 19.8. The highest BCUT2D eigenvalue weighted by Gasteiger charge is 2.20. The molecule has 3 aromatic carbocycles. The van der Waals surface area contributed by atoms with Gasteiger partial charge in [0.2, 0.25) is 0 Å². The number of nitrogens with one attached hydrogen (secondary N) is 1. The molecule has 32 heavy (non-hydrogen) atoms. The number of ether oxygens (including phenoxy) is 2. The van der Waals surface area contributed by atoms with Gasteiger partial charge in [0.1, 0.15) is 11.5 Å². The van der Waals surface area contributed by atoms with Crippen molar-refractivity contribution < 1.29 is 18.7 Å². The Hall–Kier alpha value is -4.13. The fraction of sp³-hybridized carbons (Fsp3) is 0.120. The van der Waals surface area contributed by atoms with E-state index in [-0.39, 0.29) is 11.7 Å². The van der Waals surface area contributed by atoms with Crippen LogP contribution in [-0.2, 0) is 0 Å². The lowest BCUT2D eigenvalue weighted by Crippen LogP contribution is -2.12. The van der Waals surface area contributed by atoms with Gasteiger partial charge in [-0.1, -0.05) is 18.2 Å². The molecule has 1 N–H and O–H groups in total. The van der Waals surface area contributed by atoms with Crippen molar-refractivity contribution in [3.63, 3.8) is 0 Å². The molecule has 0 bridgehead atoms. The molecule has 1 aliphatic heterocycles. The van der Waals surface area contributed by atoms with Crippen LogP contribution in [0.25, 0.3) is 16.9 Å². The maximum Gasteiger partial charge on any atom is 0.259 e. The monoisotopic (exact) mass is 429 g/mol. The average Bonchev–Trinajstić information content (AvgIpc) is 3.13. The third kappa shape index (κ3) is 4.05. The third-order valence-electron chi connectivity index (χ3n) is 5.10. The summed E-state index contributed by atoms with van der Waals surface area (Å²) in [5.41, 5.74) is 2.86. The SMILES string of the molecule is O=C(Nc1ccc2c(c1)OCCCO2)c1cn(-c2ccccc2)nc1-c1ccc(F)cc1. The zero-order chi connectivity index (χ0) is 21.9. The number of nitrogens with zero attached hydrogens (tertiary/aromatic N) is 2. The Balaban J connectivity index is 1.50. The van der Waals surface area contributed by atoms with E-state index in [2.05, 4.69) is 10.4 Å². The molecule has 5 rings (SSSR count). The molecule has 0 saturated carbocycles. The molecule has 1 amide bonds. The number of halogens is 1. The van der Waals surface area contributed by atoms with Crippen molar-refractivity contribution in [1.29, 1.82) is 0 Å². The largest absolute Gasteiger partial charge is 0.490 e. The first-order valence-electron chi connectivity index (χ1n) is 10.3. The number of rotatable bonds is 4. The molecule has 7 heteroatoms. The Bertz CT molecular complexity index is 1250. The summed E-state index contributed by atoms with van der Waals surface area (Å²) >= 11 is 0. The molecule has 0 spiro atoms. The summed E-state index contributed by atoms with van der Waals surface area (Å²) in [6.45, 7) is 1.15. The zero-order valence-corrected chi connectivity index (χ0v) is 17.1. The molecule has 0 radical (unpaired) electrons. The number of hydrogen-bond acceptors (Lipinski definition) is 4. The van der Waals surface area contributed by atoms with Crippen LogP contribution in [-0.4, -0.2) is 28.9 Å². The molecule has 2 heterocycles. The molecular formula is C25H20FN3O3. The van der Waals surface area contributed by atoms with Gasteiger partial charge in [-0.3, -0.25) is 4.79 Å². The van der Waals surface area contributed by atoms with Crippen molar-refractivity contribution >= 4 is 11.6 Å². The van der Waals surface area contributed by atoms with Crippen LogP contribution in [0, 0.1) is 5.82 Å². The van der Waals surface area contributed by atoms with Gasteiger partial charge in [-0.05, 0) is 48.5 Å². The van der Waals surface area contributed by atoms with Crippen molar-refractivity contribution in [1.82, 2.24) is 9.78 Å². The maximum atomic E-state index is 13.5. The summed E-state index contributed by atoms with van der Waals surface area (Å²) in [4.78, 5) is 13.2. The van der Waals surface area contributed by atoms with Gasteiger partial charge in [0.15, 0.2) is 11.5 Å². The number of carbonyl (C=O) groups is 1. The average molecular weight is 429 g/mol. The summed E-state index contributed by atoms with van der Waals surface area (Å²) in [5, 5.41) is 7.53.